The van der Waals surface area contributed by atoms with E-state index in [0.717, 1.165) is 44.6 Å². The maximum Gasteiger partial charge on any atom is 0.119 e. The van der Waals surface area contributed by atoms with Crippen LogP contribution in [0.15, 0.2) is 24.3 Å². The predicted octanol–water partition coefficient (Wildman–Crippen LogP) is 5.15. The van der Waals surface area contributed by atoms with Crippen LogP contribution in [0.4, 0.5) is 0 Å². The van der Waals surface area contributed by atoms with Crippen LogP contribution in [0.25, 0.3) is 0 Å². The molecular weight excluding hydrogens is 372 g/mol. The average molecular weight is 411 g/mol. The Hall–Kier alpha value is -1.57. The van der Waals surface area contributed by atoms with Crippen molar-refractivity contribution >= 4 is 0 Å². The SMILES string of the molecule is N#Cc1ccc(OCCCN2CCC(C(O)(C3CCCC3)C3CCCC3)CC2)cc1. The number of benzene rings is 1. The molecule has 4 heteroatoms. The van der Waals surface area contributed by atoms with Crippen molar-refractivity contribution < 1.29 is 9.84 Å². The normalized spacial score (nSPS) is 22.4. The lowest BCUT2D eigenvalue weighted by atomic mass is 9.64. The lowest BCUT2D eigenvalue weighted by molar-refractivity contribution is -0.127. The van der Waals surface area contributed by atoms with Gasteiger partial charge in [0.15, 0.2) is 0 Å². The number of aliphatic hydroxyl groups is 1. The molecule has 1 saturated heterocycles. The van der Waals surface area contributed by atoms with Gasteiger partial charge in [0.25, 0.3) is 0 Å². The predicted molar refractivity (Wildman–Crippen MR) is 119 cm³/mol. The Morgan fingerprint density at radius 3 is 1.97 bits per heavy atom. The first kappa shape index (κ1) is 21.7. The molecule has 4 nitrogen and oxygen atoms in total. The van der Waals surface area contributed by atoms with Crippen molar-refractivity contribution in [1.82, 2.24) is 4.90 Å². The summed E-state index contributed by atoms with van der Waals surface area (Å²) >= 11 is 0. The fourth-order valence-corrected chi connectivity index (χ4v) is 6.50. The van der Waals surface area contributed by atoms with Gasteiger partial charge in [0, 0.05) is 6.54 Å². The van der Waals surface area contributed by atoms with Gasteiger partial charge in [0.05, 0.1) is 23.8 Å². The highest BCUT2D eigenvalue weighted by Crippen LogP contribution is 2.50. The van der Waals surface area contributed by atoms with Crippen molar-refractivity contribution in [3.63, 3.8) is 0 Å². The first-order chi connectivity index (χ1) is 14.7. The Balaban J connectivity index is 1.23. The molecule has 0 spiro atoms. The summed E-state index contributed by atoms with van der Waals surface area (Å²) in [6.45, 7) is 4.00. The molecule has 1 N–H and O–H groups in total. The number of hydrogen-bond donors (Lipinski definition) is 1. The van der Waals surface area contributed by atoms with Crippen molar-refractivity contribution in [3.8, 4) is 11.8 Å². The van der Waals surface area contributed by atoms with E-state index in [1.165, 1.54) is 51.4 Å². The van der Waals surface area contributed by atoms with E-state index in [1.54, 1.807) is 12.1 Å². The van der Waals surface area contributed by atoms with E-state index in [-0.39, 0.29) is 0 Å². The second-order valence-corrected chi connectivity index (χ2v) is 9.80. The zero-order valence-electron chi connectivity index (χ0n) is 18.4. The third-order valence-corrected chi connectivity index (χ3v) is 8.13. The van der Waals surface area contributed by atoms with Crippen LogP contribution >= 0.6 is 0 Å². The van der Waals surface area contributed by atoms with Crippen LogP contribution in [-0.2, 0) is 0 Å². The Morgan fingerprint density at radius 2 is 1.43 bits per heavy atom. The molecule has 2 aliphatic carbocycles. The molecule has 30 heavy (non-hydrogen) atoms. The Bertz CT molecular complexity index is 675. The molecule has 1 aromatic carbocycles. The van der Waals surface area contributed by atoms with Gasteiger partial charge in [0.1, 0.15) is 5.75 Å². The Labute approximate surface area is 182 Å². The van der Waals surface area contributed by atoms with E-state index in [4.69, 9.17) is 10.00 Å². The van der Waals surface area contributed by atoms with Gasteiger partial charge in [-0.3, -0.25) is 0 Å². The number of ether oxygens (including phenoxy) is 1. The Morgan fingerprint density at radius 1 is 0.900 bits per heavy atom. The second-order valence-electron chi connectivity index (χ2n) is 9.80. The van der Waals surface area contributed by atoms with Crippen LogP contribution in [0, 0.1) is 29.1 Å². The average Bonchev–Trinajstić information content (AvgIpc) is 3.52. The minimum Gasteiger partial charge on any atom is -0.494 e. The minimum atomic E-state index is -0.391. The molecule has 4 rings (SSSR count). The van der Waals surface area contributed by atoms with Crippen molar-refractivity contribution in [2.75, 3.05) is 26.2 Å². The summed E-state index contributed by atoms with van der Waals surface area (Å²) < 4.78 is 5.83. The number of likely N-dealkylation sites (tertiary alicyclic amines) is 1. The smallest absolute Gasteiger partial charge is 0.119 e. The van der Waals surface area contributed by atoms with Gasteiger partial charge in [0.2, 0.25) is 0 Å². The van der Waals surface area contributed by atoms with Crippen LogP contribution in [0.2, 0.25) is 0 Å². The molecule has 3 aliphatic rings. The zero-order valence-corrected chi connectivity index (χ0v) is 18.4. The van der Waals surface area contributed by atoms with Crippen molar-refractivity contribution in [1.29, 1.82) is 5.26 Å². The molecule has 164 valence electrons. The highest BCUT2D eigenvalue weighted by Gasteiger charge is 2.50. The molecule has 1 aliphatic heterocycles. The van der Waals surface area contributed by atoms with E-state index in [0.29, 0.717) is 29.9 Å². The van der Waals surface area contributed by atoms with Gasteiger partial charge >= 0.3 is 0 Å². The highest BCUT2D eigenvalue weighted by atomic mass is 16.5. The molecular formula is C26H38N2O2. The summed E-state index contributed by atoms with van der Waals surface area (Å²) in [5, 5.41) is 20.9. The number of rotatable bonds is 8. The quantitative estimate of drug-likeness (QED) is 0.602. The molecule has 2 saturated carbocycles. The monoisotopic (exact) mass is 410 g/mol. The van der Waals surface area contributed by atoms with Gasteiger partial charge < -0.3 is 14.7 Å². The topological polar surface area (TPSA) is 56.5 Å². The molecule has 0 amide bonds. The fraction of sp³-hybridized carbons (Fsp3) is 0.731. The Kier molecular flexibility index (Phi) is 7.33. The molecule has 0 radical (unpaired) electrons. The molecule has 0 aromatic heterocycles. The number of hydrogen-bond acceptors (Lipinski definition) is 4. The number of piperidine rings is 1. The minimum absolute atomic E-state index is 0.391. The first-order valence-electron chi connectivity index (χ1n) is 12.3. The lowest BCUT2D eigenvalue weighted by Crippen LogP contribution is -2.53. The molecule has 0 bridgehead atoms. The van der Waals surface area contributed by atoms with Gasteiger partial charge in [-0.25, -0.2) is 0 Å². The van der Waals surface area contributed by atoms with Crippen LogP contribution < -0.4 is 4.74 Å². The van der Waals surface area contributed by atoms with E-state index in [9.17, 15) is 5.11 Å². The maximum atomic E-state index is 12.0. The van der Waals surface area contributed by atoms with E-state index in [2.05, 4.69) is 11.0 Å². The largest absolute Gasteiger partial charge is 0.494 e. The van der Waals surface area contributed by atoms with E-state index in [1.807, 2.05) is 12.1 Å². The molecule has 3 fully saturated rings. The van der Waals surface area contributed by atoms with Crippen molar-refractivity contribution in [2.24, 2.45) is 17.8 Å². The summed E-state index contributed by atoms with van der Waals surface area (Å²) in [7, 11) is 0. The molecule has 1 heterocycles. The summed E-state index contributed by atoms with van der Waals surface area (Å²) in [5.74, 6) is 2.44. The summed E-state index contributed by atoms with van der Waals surface area (Å²) in [5.41, 5.74) is 0.276. The van der Waals surface area contributed by atoms with Gasteiger partial charge in [-0.1, -0.05) is 25.7 Å². The van der Waals surface area contributed by atoms with E-state index < -0.39 is 5.60 Å². The molecule has 0 unspecified atom stereocenters. The number of nitrogens with zero attached hydrogens (tertiary/aromatic N) is 2. The summed E-state index contributed by atoms with van der Waals surface area (Å²) in [6, 6.07) is 9.48. The lowest BCUT2D eigenvalue weighted by Gasteiger charge is -2.48. The summed E-state index contributed by atoms with van der Waals surface area (Å²) in [6.07, 6.45) is 13.6. The fourth-order valence-electron chi connectivity index (χ4n) is 6.50. The maximum absolute atomic E-state index is 12.0. The van der Waals surface area contributed by atoms with Crippen LogP contribution in [-0.4, -0.2) is 41.8 Å². The number of nitriles is 1. The van der Waals surface area contributed by atoms with Crippen molar-refractivity contribution in [3.05, 3.63) is 29.8 Å². The third kappa shape index (κ3) is 4.84. The molecule has 1 aromatic rings. The zero-order chi connectivity index (χ0) is 20.8. The third-order valence-electron chi connectivity index (χ3n) is 8.13. The molecule has 0 atom stereocenters. The highest BCUT2D eigenvalue weighted by molar-refractivity contribution is 5.34. The van der Waals surface area contributed by atoms with Crippen molar-refractivity contribution in [2.45, 2.75) is 76.2 Å². The van der Waals surface area contributed by atoms with Crippen LogP contribution in [0.3, 0.4) is 0 Å². The van der Waals surface area contributed by atoms with Gasteiger partial charge in [-0.05, 0) is 100 Å². The first-order valence-corrected chi connectivity index (χ1v) is 12.3. The standard InChI is InChI=1S/C26H38N2O2/c27-20-21-10-12-25(13-11-21)30-19-5-16-28-17-14-24(15-18-28)26(29,22-6-1-2-7-22)23-8-3-4-9-23/h10-13,22-24,29H,1-9,14-19H2. The summed E-state index contributed by atoms with van der Waals surface area (Å²) in [4.78, 5) is 2.56. The van der Waals surface area contributed by atoms with E-state index >= 15 is 0 Å². The van der Waals surface area contributed by atoms with Crippen LogP contribution in [0.5, 0.6) is 5.75 Å². The van der Waals surface area contributed by atoms with Gasteiger partial charge in [-0.15, -0.1) is 0 Å². The van der Waals surface area contributed by atoms with Crippen LogP contribution in [0.1, 0.15) is 76.2 Å². The van der Waals surface area contributed by atoms with Gasteiger partial charge in [-0.2, -0.15) is 5.26 Å². The second kappa shape index (κ2) is 10.2.